The van der Waals surface area contributed by atoms with Crippen LogP contribution >= 0.6 is 0 Å². The highest BCUT2D eigenvalue weighted by Crippen LogP contribution is 2.23. The molecule has 1 amide bonds. The minimum atomic E-state index is -0.137. The summed E-state index contributed by atoms with van der Waals surface area (Å²) in [6.07, 6.45) is 2.60. The summed E-state index contributed by atoms with van der Waals surface area (Å²) in [5.41, 5.74) is 0.997. The molecule has 2 aromatic rings. The zero-order valence-corrected chi connectivity index (χ0v) is 13.1. The molecule has 1 N–H and O–H groups in total. The molecule has 0 aliphatic heterocycles. The lowest BCUT2D eigenvalue weighted by Gasteiger charge is -2.12. The van der Waals surface area contributed by atoms with Gasteiger partial charge in [0.2, 0.25) is 5.91 Å². The third kappa shape index (κ3) is 4.28. The van der Waals surface area contributed by atoms with Crippen LogP contribution in [0, 0.1) is 0 Å². The molecule has 1 atom stereocenters. The molecule has 0 aliphatic carbocycles. The van der Waals surface area contributed by atoms with Gasteiger partial charge in [0.25, 0.3) is 0 Å². The Morgan fingerprint density at radius 1 is 1.23 bits per heavy atom. The molecule has 1 heterocycles. The maximum Gasteiger partial charge on any atom is 0.220 e. The minimum Gasteiger partial charge on any atom is -0.497 e. The number of hydrogen-bond donors (Lipinski definition) is 1. The summed E-state index contributed by atoms with van der Waals surface area (Å²) in [5.74, 6) is 2.17. The topological polar surface area (TPSA) is 60.7 Å². The molecule has 0 bridgehead atoms. The molecule has 1 aromatic carbocycles. The molecular formula is C17H21NO4. The van der Waals surface area contributed by atoms with Crippen molar-refractivity contribution in [1.82, 2.24) is 5.32 Å². The zero-order chi connectivity index (χ0) is 15.9. The van der Waals surface area contributed by atoms with Gasteiger partial charge in [-0.3, -0.25) is 4.79 Å². The predicted molar refractivity (Wildman–Crippen MR) is 83.1 cm³/mol. The SMILES string of the molecule is COc1cc(CCC(=O)NC(C)c2ccco2)cc(OC)c1. The van der Waals surface area contributed by atoms with E-state index in [0.717, 1.165) is 22.8 Å². The van der Waals surface area contributed by atoms with E-state index in [0.29, 0.717) is 12.8 Å². The quantitative estimate of drug-likeness (QED) is 0.854. The van der Waals surface area contributed by atoms with E-state index in [1.54, 1.807) is 26.5 Å². The van der Waals surface area contributed by atoms with Crippen molar-refractivity contribution in [3.8, 4) is 11.5 Å². The molecule has 1 unspecified atom stereocenters. The van der Waals surface area contributed by atoms with Gasteiger partial charge in [0.15, 0.2) is 0 Å². The summed E-state index contributed by atoms with van der Waals surface area (Å²) in [6.45, 7) is 1.89. The molecule has 118 valence electrons. The van der Waals surface area contributed by atoms with Crippen LogP contribution in [0.1, 0.15) is 30.7 Å². The highest BCUT2D eigenvalue weighted by atomic mass is 16.5. The highest BCUT2D eigenvalue weighted by Gasteiger charge is 2.12. The number of methoxy groups -OCH3 is 2. The van der Waals surface area contributed by atoms with E-state index in [9.17, 15) is 4.79 Å². The van der Waals surface area contributed by atoms with Crippen molar-refractivity contribution in [2.75, 3.05) is 14.2 Å². The largest absolute Gasteiger partial charge is 0.497 e. The predicted octanol–water partition coefficient (Wildman–Crippen LogP) is 3.11. The third-order valence-electron chi connectivity index (χ3n) is 3.40. The first-order valence-electron chi connectivity index (χ1n) is 7.17. The molecule has 1 aromatic heterocycles. The van der Waals surface area contributed by atoms with E-state index in [-0.39, 0.29) is 11.9 Å². The van der Waals surface area contributed by atoms with Crippen LogP contribution in [0.3, 0.4) is 0 Å². The number of furan rings is 1. The van der Waals surface area contributed by atoms with Crippen molar-refractivity contribution in [2.24, 2.45) is 0 Å². The van der Waals surface area contributed by atoms with E-state index >= 15 is 0 Å². The maximum absolute atomic E-state index is 12.0. The number of carbonyl (C=O) groups excluding carboxylic acids is 1. The Balaban J connectivity index is 1.90. The highest BCUT2D eigenvalue weighted by molar-refractivity contribution is 5.76. The van der Waals surface area contributed by atoms with Crippen LogP contribution in [0.2, 0.25) is 0 Å². The van der Waals surface area contributed by atoms with Gasteiger partial charge in [-0.1, -0.05) is 0 Å². The summed E-state index contributed by atoms with van der Waals surface area (Å²) in [5, 5.41) is 2.91. The van der Waals surface area contributed by atoms with Gasteiger partial charge < -0.3 is 19.2 Å². The van der Waals surface area contributed by atoms with Gasteiger partial charge in [0, 0.05) is 12.5 Å². The normalized spacial score (nSPS) is 11.8. The first-order chi connectivity index (χ1) is 10.6. The minimum absolute atomic E-state index is 0.0225. The Labute approximate surface area is 130 Å². The van der Waals surface area contributed by atoms with Crippen LogP contribution in [0.15, 0.2) is 41.0 Å². The molecule has 0 radical (unpaired) electrons. The average Bonchev–Trinajstić information content (AvgIpc) is 3.07. The molecule has 0 spiro atoms. The van der Waals surface area contributed by atoms with Crippen LogP contribution in [0.25, 0.3) is 0 Å². The molecule has 5 heteroatoms. The fourth-order valence-electron chi connectivity index (χ4n) is 2.19. The van der Waals surface area contributed by atoms with Crippen molar-refractivity contribution in [3.63, 3.8) is 0 Å². The summed E-state index contributed by atoms with van der Waals surface area (Å²) < 4.78 is 15.7. The summed E-state index contributed by atoms with van der Waals surface area (Å²) in [4.78, 5) is 12.0. The van der Waals surface area contributed by atoms with E-state index in [4.69, 9.17) is 13.9 Å². The second-order valence-electron chi connectivity index (χ2n) is 5.03. The summed E-state index contributed by atoms with van der Waals surface area (Å²) >= 11 is 0. The van der Waals surface area contributed by atoms with E-state index < -0.39 is 0 Å². The van der Waals surface area contributed by atoms with Crippen LogP contribution in [-0.4, -0.2) is 20.1 Å². The van der Waals surface area contributed by atoms with Crippen molar-refractivity contribution >= 4 is 5.91 Å². The van der Waals surface area contributed by atoms with Gasteiger partial charge >= 0.3 is 0 Å². The van der Waals surface area contributed by atoms with Crippen LogP contribution < -0.4 is 14.8 Å². The standard InChI is InChI=1S/C17H21NO4/c1-12(16-5-4-8-22-16)18-17(19)7-6-13-9-14(20-2)11-15(10-13)21-3/h4-5,8-12H,6-7H2,1-3H3,(H,18,19). The Hall–Kier alpha value is -2.43. The number of amides is 1. The molecule has 22 heavy (non-hydrogen) atoms. The number of rotatable bonds is 7. The molecule has 0 fully saturated rings. The van der Waals surface area contributed by atoms with Gasteiger partial charge in [-0.15, -0.1) is 0 Å². The molecule has 0 aliphatic rings. The Morgan fingerprint density at radius 3 is 2.45 bits per heavy atom. The van der Waals surface area contributed by atoms with Crippen LogP contribution in [0.4, 0.5) is 0 Å². The fraction of sp³-hybridized carbons (Fsp3) is 0.353. The lowest BCUT2D eigenvalue weighted by molar-refractivity contribution is -0.121. The van der Waals surface area contributed by atoms with E-state index in [1.807, 2.05) is 31.2 Å². The van der Waals surface area contributed by atoms with Gasteiger partial charge in [0.1, 0.15) is 17.3 Å². The number of hydrogen-bond acceptors (Lipinski definition) is 4. The Morgan fingerprint density at radius 2 is 1.91 bits per heavy atom. The summed E-state index contributed by atoms with van der Waals surface area (Å²) in [6, 6.07) is 9.14. The number of nitrogens with one attached hydrogen (secondary N) is 1. The van der Waals surface area contributed by atoms with Crippen LogP contribution in [0.5, 0.6) is 11.5 Å². The molecule has 2 rings (SSSR count). The second-order valence-corrected chi connectivity index (χ2v) is 5.03. The van der Waals surface area contributed by atoms with Crippen molar-refractivity contribution < 1.29 is 18.7 Å². The second kappa shape index (κ2) is 7.54. The fourth-order valence-corrected chi connectivity index (χ4v) is 2.19. The Bertz CT molecular complexity index is 585. The number of ether oxygens (including phenoxy) is 2. The third-order valence-corrected chi connectivity index (χ3v) is 3.40. The van der Waals surface area contributed by atoms with Gasteiger partial charge in [-0.2, -0.15) is 0 Å². The molecule has 0 saturated carbocycles. The van der Waals surface area contributed by atoms with Crippen molar-refractivity contribution in [1.29, 1.82) is 0 Å². The first kappa shape index (κ1) is 15.9. The van der Waals surface area contributed by atoms with Gasteiger partial charge in [0.05, 0.1) is 26.5 Å². The first-order valence-corrected chi connectivity index (χ1v) is 7.17. The Kier molecular flexibility index (Phi) is 5.47. The number of benzene rings is 1. The van der Waals surface area contributed by atoms with Gasteiger partial charge in [-0.05, 0) is 43.2 Å². The molecule has 5 nitrogen and oxygen atoms in total. The lowest BCUT2D eigenvalue weighted by Crippen LogP contribution is -2.26. The summed E-state index contributed by atoms with van der Waals surface area (Å²) in [7, 11) is 3.21. The van der Waals surface area contributed by atoms with Gasteiger partial charge in [-0.25, -0.2) is 0 Å². The average molecular weight is 303 g/mol. The number of aryl methyl sites for hydroxylation is 1. The maximum atomic E-state index is 12.0. The van der Waals surface area contributed by atoms with Crippen molar-refractivity contribution in [2.45, 2.75) is 25.8 Å². The number of carbonyl (C=O) groups is 1. The molecular weight excluding hydrogens is 282 g/mol. The zero-order valence-electron chi connectivity index (χ0n) is 13.1. The van der Waals surface area contributed by atoms with E-state index in [1.165, 1.54) is 0 Å². The van der Waals surface area contributed by atoms with E-state index in [2.05, 4.69) is 5.32 Å². The lowest BCUT2D eigenvalue weighted by atomic mass is 10.1. The monoisotopic (exact) mass is 303 g/mol. The van der Waals surface area contributed by atoms with Crippen molar-refractivity contribution in [3.05, 3.63) is 47.9 Å². The van der Waals surface area contributed by atoms with Crippen LogP contribution in [-0.2, 0) is 11.2 Å². The smallest absolute Gasteiger partial charge is 0.220 e. The molecule has 0 saturated heterocycles.